The van der Waals surface area contributed by atoms with Gasteiger partial charge in [-0.3, -0.25) is 9.78 Å². The second-order valence-electron chi connectivity index (χ2n) is 6.51. The second-order valence-corrected chi connectivity index (χ2v) is 6.94. The van der Waals surface area contributed by atoms with Gasteiger partial charge in [0.05, 0.1) is 12.7 Å². The van der Waals surface area contributed by atoms with E-state index in [1.165, 1.54) is 25.4 Å². The Morgan fingerprint density at radius 3 is 2.61 bits per heavy atom. The minimum atomic E-state index is -1.15. The molecule has 1 saturated heterocycles. The molecule has 3 rings (SSSR count). The van der Waals surface area contributed by atoms with Crippen molar-refractivity contribution in [2.45, 2.75) is 18.4 Å². The summed E-state index contributed by atoms with van der Waals surface area (Å²) >= 11 is 5.94. The molecular weight excluding hydrogens is 380 g/mol. The van der Waals surface area contributed by atoms with Crippen LogP contribution in [0.5, 0.6) is 0 Å². The largest absolute Gasteiger partial charge is 0.465 e. The lowest BCUT2D eigenvalue weighted by Gasteiger charge is -2.34. The standard InChI is InChI=1S/C21H19ClN2O4/c1-28-20(26)16-5-6-18(23-14-16)19(25)24-11-9-21(27,10-12-24)8-7-15-3-2-4-17(22)13-15/h2-6,13-14,27H,9-12H2,1H3. The molecular formula is C21H19ClN2O4. The lowest BCUT2D eigenvalue weighted by molar-refractivity contribution is 0.0245. The first-order valence-corrected chi connectivity index (χ1v) is 9.13. The Labute approximate surface area is 168 Å². The number of pyridine rings is 1. The summed E-state index contributed by atoms with van der Waals surface area (Å²) in [7, 11) is 1.28. The zero-order valence-corrected chi connectivity index (χ0v) is 16.1. The summed E-state index contributed by atoms with van der Waals surface area (Å²) in [5.74, 6) is 5.10. The number of aliphatic hydroxyl groups is 1. The van der Waals surface area contributed by atoms with Crippen molar-refractivity contribution in [3.63, 3.8) is 0 Å². The summed E-state index contributed by atoms with van der Waals surface area (Å²) in [4.78, 5) is 29.7. The van der Waals surface area contributed by atoms with Gasteiger partial charge >= 0.3 is 5.97 Å². The molecule has 0 spiro atoms. The number of hydrogen-bond acceptors (Lipinski definition) is 5. The van der Waals surface area contributed by atoms with E-state index in [2.05, 4.69) is 21.6 Å². The number of carbonyl (C=O) groups excluding carboxylic acids is 2. The number of carbonyl (C=O) groups is 2. The highest BCUT2D eigenvalue weighted by Crippen LogP contribution is 2.23. The molecule has 6 nitrogen and oxygen atoms in total. The van der Waals surface area contributed by atoms with E-state index >= 15 is 0 Å². The summed E-state index contributed by atoms with van der Waals surface area (Å²) in [6.45, 7) is 0.722. The Bertz CT molecular complexity index is 939. The summed E-state index contributed by atoms with van der Waals surface area (Å²) in [5, 5.41) is 11.3. The van der Waals surface area contributed by atoms with Crippen molar-refractivity contribution < 1.29 is 19.4 Å². The Balaban J connectivity index is 1.63. The van der Waals surface area contributed by atoms with Gasteiger partial charge in [0.25, 0.3) is 5.91 Å². The molecule has 0 aliphatic carbocycles. The first-order valence-electron chi connectivity index (χ1n) is 8.75. The molecule has 0 atom stereocenters. The Morgan fingerprint density at radius 2 is 2.00 bits per heavy atom. The van der Waals surface area contributed by atoms with Crippen molar-refractivity contribution in [2.75, 3.05) is 20.2 Å². The number of methoxy groups -OCH3 is 1. The third kappa shape index (κ3) is 4.69. The van der Waals surface area contributed by atoms with Gasteiger partial charge in [-0.2, -0.15) is 0 Å². The maximum absolute atomic E-state index is 12.6. The van der Waals surface area contributed by atoms with Crippen LogP contribution in [0, 0.1) is 11.8 Å². The number of benzene rings is 1. The summed E-state index contributed by atoms with van der Waals surface area (Å²) < 4.78 is 4.62. The molecule has 28 heavy (non-hydrogen) atoms. The zero-order chi connectivity index (χ0) is 20.1. The normalized spacial score (nSPS) is 15.3. The van der Waals surface area contributed by atoms with Crippen molar-refractivity contribution in [1.29, 1.82) is 0 Å². The predicted molar refractivity (Wildman–Crippen MR) is 104 cm³/mol. The molecule has 2 aromatic rings. The van der Waals surface area contributed by atoms with Crippen LogP contribution in [0.1, 0.15) is 39.3 Å². The molecule has 2 heterocycles. The molecule has 7 heteroatoms. The van der Waals surface area contributed by atoms with Crippen LogP contribution in [-0.4, -0.2) is 52.7 Å². The molecule has 1 aromatic heterocycles. The van der Waals surface area contributed by atoms with E-state index < -0.39 is 11.6 Å². The van der Waals surface area contributed by atoms with E-state index in [1.54, 1.807) is 23.1 Å². The van der Waals surface area contributed by atoms with Crippen molar-refractivity contribution in [3.05, 3.63) is 64.4 Å². The number of amides is 1. The predicted octanol–water partition coefficient (Wildman–Crippen LogP) is 2.54. The summed E-state index contributed by atoms with van der Waals surface area (Å²) in [5.41, 5.74) is 0.0992. The first-order chi connectivity index (χ1) is 13.4. The van der Waals surface area contributed by atoms with Crippen LogP contribution in [0.15, 0.2) is 42.6 Å². The summed E-state index contributed by atoms with van der Waals surface area (Å²) in [6, 6.07) is 10.1. The van der Waals surface area contributed by atoms with Crippen LogP contribution >= 0.6 is 11.6 Å². The number of likely N-dealkylation sites (tertiary alicyclic amines) is 1. The Morgan fingerprint density at radius 1 is 1.25 bits per heavy atom. The molecule has 144 valence electrons. The van der Waals surface area contributed by atoms with Crippen LogP contribution in [0.25, 0.3) is 0 Å². The number of hydrogen-bond donors (Lipinski definition) is 1. The maximum Gasteiger partial charge on any atom is 0.339 e. The third-order valence-electron chi connectivity index (χ3n) is 4.55. The van der Waals surface area contributed by atoms with Crippen molar-refractivity contribution >= 4 is 23.5 Å². The molecule has 1 fully saturated rings. The fourth-order valence-electron chi connectivity index (χ4n) is 2.88. The van der Waals surface area contributed by atoms with Gasteiger partial charge in [-0.25, -0.2) is 4.79 Å². The average molecular weight is 399 g/mol. The van der Waals surface area contributed by atoms with Crippen LogP contribution < -0.4 is 0 Å². The van der Waals surface area contributed by atoms with Gasteiger partial charge in [-0.15, -0.1) is 0 Å². The molecule has 1 aromatic carbocycles. The van der Waals surface area contributed by atoms with Crippen molar-refractivity contribution in [2.24, 2.45) is 0 Å². The summed E-state index contributed by atoms with van der Waals surface area (Å²) in [6.07, 6.45) is 1.99. The van der Waals surface area contributed by atoms with Gasteiger partial charge in [0, 0.05) is 42.7 Å². The Kier molecular flexibility index (Phi) is 5.98. The van der Waals surface area contributed by atoms with Gasteiger partial charge in [0.2, 0.25) is 0 Å². The number of halogens is 1. The number of esters is 1. The number of ether oxygens (including phenoxy) is 1. The molecule has 1 N–H and O–H groups in total. The van der Waals surface area contributed by atoms with Crippen LogP contribution in [0.2, 0.25) is 5.02 Å². The highest BCUT2D eigenvalue weighted by atomic mass is 35.5. The molecule has 0 radical (unpaired) electrons. The van der Waals surface area contributed by atoms with Crippen LogP contribution in [0.4, 0.5) is 0 Å². The number of aromatic nitrogens is 1. The van der Waals surface area contributed by atoms with Crippen LogP contribution in [0.3, 0.4) is 0 Å². The van der Waals surface area contributed by atoms with Gasteiger partial charge in [0.15, 0.2) is 0 Å². The molecule has 0 saturated carbocycles. The van der Waals surface area contributed by atoms with E-state index in [4.69, 9.17) is 11.6 Å². The Hall–Kier alpha value is -2.88. The molecule has 1 aliphatic heterocycles. The van der Waals surface area contributed by atoms with Crippen molar-refractivity contribution in [3.8, 4) is 11.8 Å². The van der Waals surface area contributed by atoms with Gasteiger partial charge < -0.3 is 14.7 Å². The SMILES string of the molecule is COC(=O)c1ccc(C(=O)N2CCC(O)(C#Cc3cccc(Cl)c3)CC2)nc1. The smallest absolute Gasteiger partial charge is 0.339 e. The number of rotatable bonds is 2. The third-order valence-corrected chi connectivity index (χ3v) is 4.78. The fraction of sp³-hybridized carbons (Fsp3) is 0.286. The zero-order valence-electron chi connectivity index (χ0n) is 15.3. The second kappa shape index (κ2) is 8.42. The quantitative estimate of drug-likeness (QED) is 0.621. The topological polar surface area (TPSA) is 79.7 Å². The van der Waals surface area contributed by atoms with Crippen LogP contribution in [-0.2, 0) is 4.74 Å². The van der Waals surface area contributed by atoms with E-state index in [0.29, 0.717) is 31.0 Å². The monoisotopic (exact) mass is 398 g/mol. The van der Waals surface area contributed by atoms with Gasteiger partial charge in [-0.05, 0) is 30.3 Å². The minimum absolute atomic E-state index is 0.239. The lowest BCUT2D eigenvalue weighted by Crippen LogP contribution is -2.46. The minimum Gasteiger partial charge on any atom is -0.465 e. The first kappa shape index (κ1) is 19.9. The van der Waals surface area contributed by atoms with Gasteiger partial charge in [-0.1, -0.05) is 29.5 Å². The number of nitrogens with zero attached hydrogens (tertiary/aromatic N) is 2. The molecule has 1 amide bonds. The van der Waals surface area contributed by atoms with Gasteiger partial charge in [0.1, 0.15) is 11.3 Å². The fourth-order valence-corrected chi connectivity index (χ4v) is 3.07. The van der Waals surface area contributed by atoms with Crippen molar-refractivity contribution in [1.82, 2.24) is 9.88 Å². The average Bonchev–Trinajstić information content (AvgIpc) is 2.72. The lowest BCUT2D eigenvalue weighted by atomic mass is 9.91. The molecule has 0 unspecified atom stereocenters. The van der Waals surface area contributed by atoms with E-state index in [0.717, 1.165) is 5.56 Å². The van der Waals surface area contributed by atoms with E-state index in [1.807, 2.05) is 6.07 Å². The highest BCUT2D eigenvalue weighted by Gasteiger charge is 2.33. The highest BCUT2D eigenvalue weighted by molar-refractivity contribution is 6.30. The van der Waals surface area contributed by atoms with E-state index in [9.17, 15) is 14.7 Å². The number of piperidine rings is 1. The maximum atomic E-state index is 12.6. The molecule has 1 aliphatic rings. The molecule has 0 bridgehead atoms. The van der Waals surface area contributed by atoms with E-state index in [-0.39, 0.29) is 17.2 Å².